The van der Waals surface area contributed by atoms with E-state index in [1.165, 1.54) is 9.75 Å². The summed E-state index contributed by atoms with van der Waals surface area (Å²) in [6, 6.07) is 4.75. The van der Waals surface area contributed by atoms with Gasteiger partial charge in [0, 0.05) is 22.8 Å². The molecule has 3 nitrogen and oxygen atoms in total. The van der Waals surface area contributed by atoms with Gasteiger partial charge in [-0.2, -0.15) is 0 Å². The van der Waals surface area contributed by atoms with Crippen LogP contribution in [0.4, 0.5) is 0 Å². The molecule has 2 unspecified atom stereocenters. The van der Waals surface area contributed by atoms with Gasteiger partial charge < -0.3 is 15.0 Å². The third-order valence-corrected chi connectivity index (χ3v) is 4.24. The Hall–Kier alpha value is -0.420. The van der Waals surface area contributed by atoms with E-state index in [9.17, 15) is 0 Å². The van der Waals surface area contributed by atoms with E-state index in [0.717, 1.165) is 26.2 Å². The summed E-state index contributed by atoms with van der Waals surface area (Å²) in [7, 11) is 2.16. The smallest absolute Gasteiger partial charge is 0.0904 e. The summed E-state index contributed by atoms with van der Waals surface area (Å²) in [6.07, 6.45) is 0.270. The summed E-state index contributed by atoms with van der Waals surface area (Å²) < 4.78 is 5.93. The maximum atomic E-state index is 5.93. The number of ether oxygens (including phenoxy) is 1. The largest absolute Gasteiger partial charge is 0.374 e. The Morgan fingerprint density at radius 1 is 1.59 bits per heavy atom. The molecule has 0 spiro atoms. The molecule has 1 aromatic rings. The Morgan fingerprint density at radius 2 is 2.41 bits per heavy atom. The summed E-state index contributed by atoms with van der Waals surface area (Å²) >= 11 is 1.87. The Labute approximate surface area is 108 Å². The molecule has 1 aliphatic rings. The number of likely N-dealkylation sites (N-methyl/N-ethyl adjacent to an activating group) is 2. The second kappa shape index (κ2) is 5.96. The van der Waals surface area contributed by atoms with E-state index < -0.39 is 0 Å². The fourth-order valence-electron chi connectivity index (χ4n) is 2.27. The van der Waals surface area contributed by atoms with E-state index in [4.69, 9.17) is 4.74 Å². The van der Waals surface area contributed by atoms with Gasteiger partial charge in [-0.1, -0.05) is 6.92 Å². The van der Waals surface area contributed by atoms with Crippen LogP contribution in [0.1, 0.15) is 22.7 Å². The highest BCUT2D eigenvalue weighted by Gasteiger charge is 2.28. The van der Waals surface area contributed by atoms with Crippen LogP contribution in [0.3, 0.4) is 0 Å². The molecule has 4 heteroatoms. The van der Waals surface area contributed by atoms with Crippen molar-refractivity contribution in [3.05, 3.63) is 21.9 Å². The van der Waals surface area contributed by atoms with Crippen molar-refractivity contribution < 1.29 is 4.74 Å². The molecule has 1 N–H and O–H groups in total. The van der Waals surface area contributed by atoms with Crippen molar-refractivity contribution in [2.24, 2.45) is 0 Å². The number of rotatable bonds is 4. The van der Waals surface area contributed by atoms with Crippen molar-refractivity contribution in [1.29, 1.82) is 0 Å². The molecular weight excluding hydrogens is 232 g/mol. The maximum absolute atomic E-state index is 5.93. The number of thiophene rings is 1. The van der Waals surface area contributed by atoms with Gasteiger partial charge in [0.25, 0.3) is 0 Å². The summed E-state index contributed by atoms with van der Waals surface area (Å²) in [4.78, 5) is 5.11. The predicted molar refractivity (Wildman–Crippen MR) is 72.7 cm³/mol. The number of hydrogen-bond acceptors (Lipinski definition) is 4. The summed E-state index contributed by atoms with van der Waals surface area (Å²) in [5, 5.41) is 3.56. The van der Waals surface area contributed by atoms with Crippen LogP contribution in [0.15, 0.2) is 12.1 Å². The minimum absolute atomic E-state index is 0.270. The zero-order valence-electron chi connectivity index (χ0n) is 10.9. The lowest BCUT2D eigenvalue weighted by atomic mass is 10.1. The molecule has 17 heavy (non-hydrogen) atoms. The quantitative estimate of drug-likeness (QED) is 0.890. The van der Waals surface area contributed by atoms with Gasteiger partial charge in [-0.25, -0.2) is 0 Å². The normalized spacial score (nSPS) is 23.8. The van der Waals surface area contributed by atoms with E-state index in [-0.39, 0.29) is 6.10 Å². The fourth-order valence-corrected chi connectivity index (χ4v) is 3.27. The summed E-state index contributed by atoms with van der Waals surface area (Å²) in [5.41, 5.74) is 0. The second-order valence-corrected chi connectivity index (χ2v) is 5.97. The van der Waals surface area contributed by atoms with Crippen LogP contribution in [0.5, 0.6) is 0 Å². The minimum Gasteiger partial charge on any atom is -0.374 e. The van der Waals surface area contributed by atoms with Gasteiger partial charge in [0.05, 0.1) is 18.8 Å². The molecule has 0 amide bonds. The summed E-state index contributed by atoms with van der Waals surface area (Å²) in [6.45, 7) is 8.18. The van der Waals surface area contributed by atoms with E-state index >= 15 is 0 Å². The first-order chi connectivity index (χ1) is 8.20. The Morgan fingerprint density at radius 3 is 3.00 bits per heavy atom. The van der Waals surface area contributed by atoms with Crippen molar-refractivity contribution in [3.63, 3.8) is 0 Å². The van der Waals surface area contributed by atoms with Crippen molar-refractivity contribution >= 4 is 11.3 Å². The molecule has 1 aliphatic heterocycles. The molecule has 1 aromatic heterocycles. The van der Waals surface area contributed by atoms with Crippen molar-refractivity contribution in [2.45, 2.75) is 26.0 Å². The van der Waals surface area contributed by atoms with Gasteiger partial charge >= 0.3 is 0 Å². The van der Waals surface area contributed by atoms with Crippen LogP contribution in [-0.2, 0) is 4.74 Å². The highest BCUT2D eigenvalue weighted by atomic mass is 32.1. The van der Waals surface area contributed by atoms with Crippen molar-refractivity contribution in [2.75, 3.05) is 33.3 Å². The second-order valence-electron chi connectivity index (χ2n) is 4.66. The number of nitrogens with one attached hydrogen (secondary N) is 1. The van der Waals surface area contributed by atoms with E-state index in [0.29, 0.717) is 6.04 Å². The highest BCUT2D eigenvalue weighted by molar-refractivity contribution is 7.12. The first kappa shape index (κ1) is 13.0. The van der Waals surface area contributed by atoms with Crippen LogP contribution < -0.4 is 5.32 Å². The molecule has 1 fully saturated rings. The van der Waals surface area contributed by atoms with Crippen LogP contribution in [0.2, 0.25) is 0 Å². The molecule has 0 radical (unpaired) electrons. The number of nitrogens with zero attached hydrogens (tertiary/aromatic N) is 1. The topological polar surface area (TPSA) is 24.5 Å². The average molecular weight is 254 g/mol. The third-order valence-electron chi connectivity index (χ3n) is 3.16. The predicted octanol–water partition coefficient (Wildman–Crippen LogP) is 2.04. The Kier molecular flexibility index (Phi) is 4.56. The van der Waals surface area contributed by atoms with Gasteiger partial charge in [0.1, 0.15) is 0 Å². The SMILES string of the molecule is CCNC(c1ccc(C)s1)C1CN(C)CCO1. The minimum atomic E-state index is 0.270. The first-order valence-corrected chi connectivity index (χ1v) is 7.12. The van der Waals surface area contributed by atoms with Gasteiger partial charge in [-0.05, 0) is 32.6 Å². The third kappa shape index (κ3) is 3.28. The monoisotopic (exact) mass is 254 g/mol. The van der Waals surface area contributed by atoms with Crippen molar-refractivity contribution in [1.82, 2.24) is 10.2 Å². The lowest BCUT2D eigenvalue weighted by molar-refractivity contribution is -0.0384. The van der Waals surface area contributed by atoms with Gasteiger partial charge in [0.15, 0.2) is 0 Å². The molecule has 2 atom stereocenters. The maximum Gasteiger partial charge on any atom is 0.0904 e. The number of aryl methyl sites for hydroxylation is 1. The molecule has 0 saturated carbocycles. The molecule has 0 aliphatic carbocycles. The van der Waals surface area contributed by atoms with Crippen LogP contribution in [0, 0.1) is 6.92 Å². The number of morpholine rings is 1. The molecule has 2 heterocycles. The Balaban J connectivity index is 2.10. The van der Waals surface area contributed by atoms with Crippen LogP contribution in [-0.4, -0.2) is 44.3 Å². The molecule has 2 rings (SSSR count). The Bertz CT molecular complexity index is 353. The molecule has 96 valence electrons. The molecule has 0 aromatic carbocycles. The van der Waals surface area contributed by atoms with Crippen molar-refractivity contribution in [3.8, 4) is 0 Å². The molecule has 0 bridgehead atoms. The van der Waals surface area contributed by atoms with Gasteiger partial charge in [0.2, 0.25) is 0 Å². The van der Waals surface area contributed by atoms with E-state index in [2.05, 4.69) is 43.2 Å². The summed E-state index contributed by atoms with van der Waals surface area (Å²) in [5.74, 6) is 0. The van der Waals surface area contributed by atoms with E-state index in [1.54, 1.807) is 0 Å². The van der Waals surface area contributed by atoms with Gasteiger partial charge in [-0.3, -0.25) is 0 Å². The zero-order valence-corrected chi connectivity index (χ0v) is 11.7. The average Bonchev–Trinajstić information content (AvgIpc) is 2.72. The zero-order chi connectivity index (χ0) is 12.3. The first-order valence-electron chi connectivity index (χ1n) is 6.30. The van der Waals surface area contributed by atoms with E-state index in [1.807, 2.05) is 11.3 Å². The van der Waals surface area contributed by atoms with Gasteiger partial charge in [-0.15, -0.1) is 11.3 Å². The lowest BCUT2D eigenvalue weighted by Crippen LogP contribution is -2.46. The molecular formula is C13H22N2OS. The van der Waals surface area contributed by atoms with Crippen LogP contribution in [0.25, 0.3) is 0 Å². The van der Waals surface area contributed by atoms with Crippen LogP contribution >= 0.6 is 11.3 Å². The molecule has 1 saturated heterocycles. The highest BCUT2D eigenvalue weighted by Crippen LogP contribution is 2.28. The number of hydrogen-bond donors (Lipinski definition) is 1. The lowest BCUT2D eigenvalue weighted by Gasteiger charge is -2.35. The fraction of sp³-hybridized carbons (Fsp3) is 0.692. The standard InChI is InChI=1S/C13H22N2OS/c1-4-14-13(12-6-5-10(2)17-12)11-9-15(3)7-8-16-11/h5-6,11,13-14H,4,7-9H2,1-3H3.